The predicted molar refractivity (Wildman–Crippen MR) is 104 cm³/mol. The van der Waals surface area contributed by atoms with Gasteiger partial charge in [0, 0.05) is 12.6 Å². The SMILES string of the molecule is CCN(C(=O)[C@@H](C)OC(=O)c1ccccc1NS(C)(=O)=O)[C@H]1CCS(=O)(=O)C1. The molecule has 1 aliphatic heterocycles. The average molecular weight is 433 g/mol. The Morgan fingerprint density at radius 2 is 1.96 bits per heavy atom. The Hall–Kier alpha value is -2.14. The molecule has 0 aliphatic carbocycles. The lowest BCUT2D eigenvalue weighted by Gasteiger charge is -2.29. The number of carbonyl (C=O) groups excluding carboxylic acids is 2. The van der Waals surface area contributed by atoms with Gasteiger partial charge in [0.2, 0.25) is 10.0 Å². The summed E-state index contributed by atoms with van der Waals surface area (Å²) in [6.45, 7) is 3.41. The number of nitrogens with one attached hydrogen (secondary N) is 1. The summed E-state index contributed by atoms with van der Waals surface area (Å²) < 4.78 is 53.8. The summed E-state index contributed by atoms with van der Waals surface area (Å²) in [4.78, 5) is 26.6. The predicted octanol–water partition coefficient (Wildman–Crippen LogP) is 0.639. The number of amides is 1. The zero-order valence-electron chi connectivity index (χ0n) is 15.9. The molecule has 1 amide bonds. The van der Waals surface area contributed by atoms with Crippen LogP contribution in [0.15, 0.2) is 24.3 Å². The van der Waals surface area contributed by atoms with Gasteiger partial charge in [-0.1, -0.05) is 12.1 Å². The van der Waals surface area contributed by atoms with Crippen LogP contribution < -0.4 is 4.72 Å². The van der Waals surface area contributed by atoms with Gasteiger partial charge in [-0.05, 0) is 32.4 Å². The maximum atomic E-state index is 12.7. The molecule has 1 aromatic rings. The van der Waals surface area contributed by atoms with E-state index in [9.17, 15) is 26.4 Å². The molecule has 1 aromatic carbocycles. The number of sulfonamides is 1. The van der Waals surface area contributed by atoms with E-state index in [0.717, 1.165) is 6.26 Å². The standard InChI is InChI=1S/C17H24N2O7S2/c1-4-19(13-9-10-28(24,25)11-13)16(20)12(2)26-17(21)14-7-5-6-8-15(14)18-27(3,22)23/h5-8,12-13,18H,4,9-11H2,1-3H3/t12-,13+/m1/s1. The largest absolute Gasteiger partial charge is 0.449 e. The van der Waals surface area contributed by atoms with E-state index in [1.807, 2.05) is 0 Å². The van der Waals surface area contributed by atoms with Crippen LogP contribution in [0.5, 0.6) is 0 Å². The van der Waals surface area contributed by atoms with Crippen molar-refractivity contribution >= 4 is 37.4 Å². The summed E-state index contributed by atoms with van der Waals surface area (Å²) in [5, 5.41) is 0. The van der Waals surface area contributed by atoms with Crippen LogP contribution in [0.4, 0.5) is 5.69 Å². The monoisotopic (exact) mass is 432 g/mol. The zero-order valence-corrected chi connectivity index (χ0v) is 17.5. The molecule has 0 spiro atoms. The van der Waals surface area contributed by atoms with Crippen molar-refractivity contribution in [3.05, 3.63) is 29.8 Å². The average Bonchev–Trinajstić information content (AvgIpc) is 2.94. The summed E-state index contributed by atoms with van der Waals surface area (Å²) in [5.74, 6) is -1.43. The lowest BCUT2D eigenvalue weighted by atomic mass is 10.1. The van der Waals surface area contributed by atoms with Crippen molar-refractivity contribution in [3.8, 4) is 0 Å². The number of anilines is 1. The van der Waals surface area contributed by atoms with E-state index >= 15 is 0 Å². The Labute approximate surface area is 165 Å². The Kier molecular flexibility index (Phi) is 6.71. The summed E-state index contributed by atoms with van der Waals surface area (Å²) in [6, 6.07) is 5.44. The molecule has 0 radical (unpaired) electrons. The number of esters is 1. The topological polar surface area (TPSA) is 127 Å². The van der Waals surface area contributed by atoms with E-state index in [0.29, 0.717) is 6.42 Å². The van der Waals surface area contributed by atoms with Gasteiger partial charge in [-0.2, -0.15) is 0 Å². The first-order valence-electron chi connectivity index (χ1n) is 8.72. The van der Waals surface area contributed by atoms with E-state index in [2.05, 4.69) is 4.72 Å². The van der Waals surface area contributed by atoms with Crippen LogP contribution in [-0.4, -0.2) is 70.1 Å². The number of para-hydroxylation sites is 1. The number of hydrogen-bond acceptors (Lipinski definition) is 7. The van der Waals surface area contributed by atoms with E-state index < -0.39 is 43.9 Å². The van der Waals surface area contributed by atoms with E-state index in [1.54, 1.807) is 13.0 Å². The molecule has 1 heterocycles. The fraction of sp³-hybridized carbons (Fsp3) is 0.529. The van der Waals surface area contributed by atoms with Gasteiger partial charge in [-0.15, -0.1) is 0 Å². The summed E-state index contributed by atoms with van der Waals surface area (Å²) in [7, 11) is -6.77. The molecule has 0 unspecified atom stereocenters. The normalized spacial score (nSPS) is 19.6. The van der Waals surface area contributed by atoms with Gasteiger partial charge in [0.1, 0.15) is 0 Å². The minimum Gasteiger partial charge on any atom is -0.449 e. The van der Waals surface area contributed by atoms with Gasteiger partial charge in [0.05, 0.1) is 29.0 Å². The molecule has 156 valence electrons. The van der Waals surface area contributed by atoms with Crippen molar-refractivity contribution in [2.75, 3.05) is 29.0 Å². The third-order valence-corrected chi connectivity index (χ3v) is 6.69. The van der Waals surface area contributed by atoms with Gasteiger partial charge < -0.3 is 9.64 Å². The van der Waals surface area contributed by atoms with Gasteiger partial charge in [0.25, 0.3) is 5.91 Å². The number of nitrogens with zero attached hydrogens (tertiary/aromatic N) is 1. The van der Waals surface area contributed by atoms with Crippen molar-refractivity contribution in [1.29, 1.82) is 0 Å². The number of hydrogen-bond donors (Lipinski definition) is 1. The highest BCUT2D eigenvalue weighted by molar-refractivity contribution is 7.92. The van der Waals surface area contributed by atoms with Crippen LogP contribution in [0, 0.1) is 0 Å². The Morgan fingerprint density at radius 1 is 1.32 bits per heavy atom. The first kappa shape index (κ1) is 22.2. The van der Waals surface area contributed by atoms with Crippen molar-refractivity contribution in [3.63, 3.8) is 0 Å². The molecule has 11 heteroatoms. The Bertz CT molecular complexity index is 957. The number of carbonyl (C=O) groups is 2. The second-order valence-corrected chi connectivity index (χ2v) is 10.6. The molecular weight excluding hydrogens is 408 g/mol. The number of sulfone groups is 1. The van der Waals surface area contributed by atoms with Crippen molar-refractivity contribution in [2.45, 2.75) is 32.4 Å². The maximum Gasteiger partial charge on any atom is 0.341 e. The number of rotatable bonds is 7. The number of benzene rings is 1. The number of likely N-dealkylation sites (N-methyl/N-ethyl adjacent to an activating group) is 1. The Balaban J connectivity index is 2.12. The molecule has 28 heavy (non-hydrogen) atoms. The fourth-order valence-electron chi connectivity index (χ4n) is 3.07. The second kappa shape index (κ2) is 8.48. The van der Waals surface area contributed by atoms with Gasteiger partial charge in [-0.25, -0.2) is 21.6 Å². The smallest absolute Gasteiger partial charge is 0.341 e. The summed E-state index contributed by atoms with van der Waals surface area (Å²) >= 11 is 0. The fourth-order valence-corrected chi connectivity index (χ4v) is 5.38. The van der Waals surface area contributed by atoms with Crippen LogP contribution in [0.1, 0.15) is 30.6 Å². The van der Waals surface area contributed by atoms with Crippen LogP contribution in [0.2, 0.25) is 0 Å². The number of ether oxygens (including phenoxy) is 1. The lowest BCUT2D eigenvalue weighted by Crippen LogP contribution is -2.46. The van der Waals surface area contributed by atoms with Crippen LogP contribution in [0.3, 0.4) is 0 Å². The third kappa shape index (κ3) is 5.68. The van der Waals surface area contributed by atoms with Gasteiger partial charge >= 0.3 is 5.97 Å². The molecule has 0 bridgehead atoms. The quantitative estimate of drug-likeness (QED) is 0.626. The van der Waals surface area contributed by atoms with Crippen LogP contribution >= 0.6 is 0 Å². The lowest BCUT2D eigenvalue weighted by molar-refractivity contribution is -0.141. The van der Waals surface area contributed by atoms with E-state index in [4.69, 9.17) is 4.74 Å². The minimum atomic E-state index is -3.61. The molecule has 0 saturated carbocycles. The van der Waals surface area contributed by atoms with Crippen LogP contribution in [0.25, 0.3) is 0 Å². The maximum absolute atomic E-state index is 12.7. The van der Waals surface area contributed by atoms with Gasteiger partial charge in [0.15, 0.2) is 15.9 Å². The molecule has 2 atom stereocenters. The highest BCUT2D eigenvalue weighted by Crippen LogP contribution is 2.21. The van der Waals surface area contributed by atoms with Crippen molar-refractivity contribution < 1.29 is 31.2 Å². The van der Waals surface area contributed by atoms with Gasteiger partial charge in [-0.3, -0.25) is 9.52 Å². The molecule has 0 aromatic heterocycles. The zero-order chi connectivity index (χ0) is 21.1. The van der Waals surface area contributed by atoms with Crippen molar-refractivity contribution in [2.24, 2.45) is 0 Å². The molecule has 9 nitrogen and oxygen atoms in total. The Morgan fingerprint density at radius 3 is 2.50 bits per heavy atom. The van der Waals surface area contributed by atoms with Crippen LogP contribution in [-0.2, 0) is 29.4 Å². The highest BCUT2D eigenvalue weighted by Gasteiger charge is 2.36. The first-order valence-corrected chi connectivity index (χ1v) is 12.4. The third-order valence-electron chi connectivity index (χ3n) is 4.35. The minimum absolute atomic E-state index is 0.0279. The molecule has 1 aliphatic rings. The molecule has 1 N–H and O–H groups in total. The first-order chi connectivity index (χ1) is 12.9. The van der Waals surface area contributed by atoms with E-state index in [-0.39, 0.29) is 29.3 Å². The highest BCUT2D eigenvalue weighted by atomic mass is 32.2. The second-order valence-electron chi connectivity index (χ2n) is 6.65. The molecular formula is C17H24N2O7S2. The summed E-state index contributed by atoms with van der Waals surface area (Å²) in [5.41, 5.74) is 0.0166. The van der Waals surface area contributed by atoms with Crippen molar-refractivity contribution in [1.82, 2.24) is 4.90 Å². The summed E-state index contributed by atoms with van der Waals surface area (Å²) in [6.07, 6.45) is 0.154. The molecule has 1 fully saturated rings. The van der Waals surface area contributed by atoms with E-state index in [1.165, 1.54) is 30.0 Å². The molecule has 2 rings (SSSR count). The molecule has 1 saturated heterocycles.